The molecular formula is C4H4ClN3O3S. The topological polar surface area (TPSA) is 94.2 Å². The van der Waals surface area contributed by atoms with Crippen molar-refractivity contribution >= 4 is 22.2 Å². The monoisotopic (exact) mass is 209 g/mol. The predicted octanol–water partition coefficient (Wildman–Crippen LogP) is -0.249. The Hall–Kier alpha value is -0.860. The smallest absolute Gasteiger partial charge is 0.197 e. The van der Waals surface area contributed by atoms with Gasteiger partial charge in [0, 0.05) is 0 Å². The van der Waals surface area contributed by atoms with Gasteiger partial charge in [-0.1, -0.05) is 0 Å². The van der Waals surface area contributed by atoms with Gasteiger partial charge in [0.25, 0.3) is 0 Å². The number of halogens is 1. The van der Waals surface area contributed by atoms with Gasteiger partial charge in [0.2, 0.25) is 0 Å². The zero-order valence-electron chi connectivity index (χ0n) is 5.77. The normalized spacial score (nSPS) is 10.7. The van der Waals surface area contributed by atoms with Crippen LogP contribution in [0.2, 0.25) is 0 Å². The molecule has 0 saturated carbocycles. The van der Waals surface area contributed by atoms with Crippen LogP contribution in [0.4, 0.5) is 0 Å². The van der Waals surface area contributed by atoms with Gasteiger partial charge in [-0.25, -0.2) is 0 Å². The van der Waals surface area contributed by atoms with Gasteiger partial charge in [0.1, 0.15) is 13.1 Å². The number of rotatable bonds is 4. The third-order valence-corrected chi connectivity index (χ3v) is 2.42. The van der Waals surface area contributed by atoms with Gasteiger partial charge >= 0.3 is 10.3 Å². The molecule has 0 spiro atoms. The van der Waals surface area contributed by atoms with Gasteiger partial charge in [-0.2, -0.15) is 18.9 Å². The summed E-state index contributed by atoms with van der Waals surface area (Å²) < 4.78 is 25.6. The van der Waals surface area contributed by atoms with Crippen LogP contribution in [0, 0.1) is 22.7 Å². The highest BCUT2D eigenvalue weighted by atomic mass is 35.5. The summed E-state index contributed by atoms with van der Waals surface area (Å²) in [6, 6.07) is 3.10. The molecule has 0 aromatic carbocycles. The van der Waals surface area contributed by atoms with Crippen molar-refractivity contribution in [1.29, 1.82) is 10.5 Å². The molecule has 0 bridgehead atoms. The molecule has 0 fully saturated rings. The second-order valence-electron chi connectivity index (χ2n) is 1.60. The molecule has 0 aromatic rings. The second kappa shape index (κ2) is 4.91. The Balaban J connectivity index is 4.55. The average molecular weight is 210 g/mol. The lowest BCUT2D eigenvalue weighted by atomic mass is 10.6. The molecule has 0 aliphatic heterocycles. The second-order valence-corrected chi connectivity index (χ2v) is 3.48. The van der Waals surface area contributed by atoms with E-state index in [9.17, 15) is 8.42 Å². The quantitative estimate of drug-likeness (QED) is 0.595. The summed E-state index contributed by atoms with van der Waals surface area (Å²) in [5, 5.41) is 16.3. The number of nitriles is 2. The summed E-state index contributed by atoms with van der Waals surface area (Å²) in [6.45, 7) is -0.939. The van der Waals surface area contributed by atoms with E-state index in [0.29, 0.717) is 4.31 Å². The lowest BCUT2D eigenvalue weighted by molar-refractivity contribution is 0.409. The van der Waals surface area contributed by atoms with Crippen LogP contribution in [-0.4, -0.2) is 25.8 Å². The molecule has 0 rings (SSSR count). The molecule has 0 saturated heterocycles. The number of nitrogens with zero attached hydrogens (tertiary/aromatic N) is 3. The summed E-state index contributed by atoms with van der Waals surface area (Å²) in [5.41, 5.74) is 0. The lowest BCUT2D eigenvalue weighted by Gasteiger charge is -2.10. The standard InChI is InChI=1S/C4H4ClN3O3S/c5-11-12(9,10)8(3-1-6)4-2-7/h3-4H2. The van der Waals surface area contributed by atoms with E-state index in [4.69, 9.17) is 10.5 Å². The van der Waals surface area contributed by atoms with Crippen LogP contribution in [0.1, 0.15) is 0 Å². The van der Waals surface area contributed by atoms with Gasteiger partial charge in [-0.3, -0.25) is 0 Å². The summed E-state index contributed by atoms with van der Waals surface area (Å²) in [6.07, 6.45) is 0. The Morgan fingerprint density at radius 1 is 1.33 bits per heavy atom. The molecule has 0 amide bonds. The molecule has 0 heterocycles. The fourth-order valence-electron chi connectivity index (χ4n) is 0.412. The Kier molecular flexibility index (Phi) is 4.55. The van der Waals surface area contributed by atoms with Gasteiger partial charge in [0.15, 0.2) is 0 Å². The average Bonchev–Trinajstić information content (AvgIpc) is 2.04. The van der Waals surface area contributed by atoms with E-state index in [2.05, 4.69) is 15.6 Å². The molecule has 6 nitrogen and oxygen atoms in total. The molecular weight excluding hydrogens is 206 g/mol. The zero-order chi connectivity index (χ0) is 9.61. The summed E-state index contributed by atoms with van der Waals surface area (Å²) in [4.78, 5) is 0. The van der Waals surface area contributed by atoms with Gasteiger partial charge in [-0.05, 0) is 0 Å². The highest BCUT2D eigenvalue weighted by Crippen LogP contribution is 2.03. The number of hydrogen-bond acceptors (Lipinski definition) is 5. The number of hydrogen-bond donors (Lipinski definition) is 0. The molecule has 66 valence electrons. The van der Waals surface area contributed by atoms with Crippen molar-refractivity contribution in [3.8, 4) is 12.1 Å². The summed E-state index contributed by atoms with van der Waals surface area (Å²) in [5.74, 6) is 0. The Morgan fingerprint density at radius 3 is 2.00 bits per heavy atom. The van der Waals surface area contributed by atoms with E-state index in [0.717, 1.165) is 0 Å². The zero-order valence-corrected chi connectivity index (χ0v) is 7.34. The van der Waals surface area contributed by atoms with E-state index in [1.165, 1.54) is 0 Å². The molecule has 0 N–H and O–H groups in total. The maximum atomic E-state index is 10.7. The van der Waals surface area contributed by atoms with Crippen molar-refractivity contribution in [2.45, 2.75) is 0 Å². The molecule has 0 radical (unpaired) electrons. The predicted molar refractivity (Wildman–Crippen MR) is 38.7 cm³/mol. The van der Waals surface area contributed by atoms with E-state index in [-0.39, 0.29) is 0 Å². The van der Waals surface area contributed by atoms with E-state index in [1.54, 1.807) is 12.1 Å². The summed E-state index contributed by atoms with van der Waals surface area (Å²) in [7, 11) is -4.13. The molecule has 0 aliphatic carbocycles. The fourth-order valence-corrected chi connectivity index (χ4v) is 1.16. The van der Waals surface area contributed by atoms with Gasteiger partial charge in [-0.15, -0.1) is 8.04 Å². The van der Waals surface area contributed by atoms with E-state index < -0.39 is 23.4 Å². The van der Waals surface area contributed by atoms with Gasteiger partial charge < -0.3 is 0 Å². The third kappa shape index (κ3) is 3.03. The van der Waals surface area contributed by atoms with Crippen LogP contribution in [0.3, 0.4) is 0 Å². The summed E-state index contributed by atoms with van der Waals surface area (Å²) >= 11 is 4.61. The van der Waals surface area contributed by atoms with Crippen LogP contribution in [0.15, 0.2) is 0 Å². The van der Waals surface area contributed by atoms with Crippen LogP contribution in [0.25, 0.3) is 0 Å². The third-order valence-electron chi connectivity index (χ3n) is 0.890. The fraction of sp³-hybridized carbons (Fsp3) is 0.500. The van der Waals surface area contributed by atoms with Crippen molar-refractivity contribution in [3.05, 3.63) is 0 Å². The molecule has 0 aliphatic rings. The van der Waals surface area contributed by atoms with Crippen molar-refractivity contribution in [3.63, 3.8) is 0 Å². The molecule has 0 atom stereocenters. The first-order chi connectivity index (χ1) is 5.58. The minimum absolute atomic E-state index is 0.470. The molecule has 0 aromatic heterocycles. The molecule has 8 heteroatoms. The largest absolute Gasteiger partial charge is 0.356 e. The van der Waals surface area contributed by atoms with Crippen molar-refractivity contribution < 1.29 is 12.2 Å². The SMILES string of the molecule is N#CCN(CC#N)S(=O)(=O)OCl. The van der Waals surface area contributed by atoms with E-state index >= 15 is 0 Å². The highest BCUT2D eigenvalue weighted by molar-refractivity contribution is 7.85. The Bertz CT molecular complexity index is 297. The maximum Gasteiger partial charge on any atom is 0.356 e. The lowest BCUT2D eigenvalue weighted by Crippen LogP contribution is -2.31. The first-order valence-corrected chi connectivity index (χ1v) is 4.30. The van der Waals surface area contributed by atoms with Crippen LogP contribution in [-0.2, 0) is 14.0 Å². The first-order valence-electron chi connectivity index (χ1n) is 2.62. The molecule has 12 heavy (non-hydrogen) atoms. The van der Waals surface area contributed by atoms with Crippen LogP contribution >= 0.6 is 11.9 Å². The van der Waals surface area contributed by atoms with Gasteiger partial charge in [0.05, 0.1) is 24.0 Å². The van der Waals surface area contributed by atoms with Crippen molar-refractivity contribution in [2.24, 2.45) is 0 Å². The highest BCUT2D eigenvalue weighted by Gasteiger charge is 2.21. The Labute approximate surface area is 74.9 Å². The van der Waals surface area contributed by atoms with Crippen molar-refractivity contribution in [2.75, 3.05) is 13.1 Å². The van der Waals surface area contributed by atoms with Crippen molar-refractivity contribution in [1.82, 2.24) is 4.31 Å². The van der Waals surface area contributed by atoms with Crippen LogP contribution < -0.4 is 0 Å². The minimum atomic E-state index is -4.13. The van der Waals surface area contributed by atoms with Crippen LogP contribution in [0.5, 0.6) is 0 Å². The maximum absolute atomic E-state index is 10.7. The first kappa shape index (κ1) is 11.1. The van der Waals surface area contributed by atoms with E-state index in [1.807, 2.05) is 0 Å². The molecule has 0 unspecified atom stereocenters. The Morgan fingerprint density at radius 2 is 1.75 bits per heavy atom. The minimum Gasteiger partial charge on any atom is -0.197 e.